The normalized spacial score (nSPS) is 19.6. The number of anilines is 2. The average Bonchev–Trinajstić information content (AvgIpc) is 2.77. The van der Waals surface area contributed by atoms with E-state index in [9.17, 15) is 4.79 Å². The third-order valence-corrected chi connectivity index (χ3v) is 3.29. The fraction of sp³-hybridized carbons (Fsp3) is 0.500. The maximum atomic E-state index is 11.0. The average molecular weight is 235 g/mol. The van der Waals surface area contributed by atoms with Gasteiger partial charge in [-0.3, -0.25) is 0 Å². The van der Waals surface area contributed by atoms with E-state index < -0.39 is 5.97 Å². The molecule has 1 aliphatic rings. The Labute approximate surface area is 100 Å². The van der Waals surface area contributed by atoms with Gasteiger partial charge in [0, 0.05) is 12.6 Å². The van der Waals surface area contributed by atoms with E-state index in [0.717, 1.165) is 31.6 Å². The van der Waals surface area contributed by atoms with Gasteiger partial charge in [0.2, 0.25) is 0 Å². The minimum Gasteiger partial charge on any atom is -0.478 e. The molecule has 1 aliphatic heterocycles. The molecule has 2 rings (SSSR count). The Morgan fingerprint density at radius 3 is 3.12 bits per heavy atom. The number of carboxylic acid groups (broad SMARTS) is 1. The summed E-state index contributed by atoms with van der Waals surface area (Å²) in [5, 5.41) is 9.03. The van der Waals surface area contributed by atoms with E-state index in [2.05, 4.69) is 16.8 Å². The predicted octanol–water partition coefficient (Wildman–Crippen LogP) is 1.74. The second kappa shape index (κ2) is 4.61. The molecular formula is C12H17N3O2. The van der Waals surface area contributed by atoms with Gasteiger partial charge in [-0.15, -0.1) is 0 Å². The Bertz CT molecular complexity index is 434. The second-order valence-electron chi connectivity index (χ2n) is 4.33. The first-order valence-corrected chi connectivity index (χ1v) is 5.89. The first kappa shape index (κ1) is 11.7. The number of aromatic carboxylic acids is 1. The quantitative estimate of drug-likeness (QED) is 0.834. The Morgan fingerprint density at radius 1 is 1.71 bits per heavy atom. The molecular weight excluding hydrogens is 218 g/mol. The Morgan fingerprint density at radius 2 is 2.47 bits per heavy atom. The summed E-state index contributed by atoms with van der Waals surface area (Å²) in [5.41, 5.74) is 5.95. The number of nitrogens with two attached hydrogens (primary N) is 1. The lowest BCUT2D eigenvalue weighted by molar-refractivity contribution is 0.0698. The number of hydrogen-bond acceptors (Lipinski definition) is 4. The number of carboxylic acids is 1. The molecule has 0 radical (unpaired) electrons. The van der Waals surface area contributed by atoms with Gasteiger partial charge < -0.3 is 15.7 Å². The van der Waals surface area contributed by atoms with Crippen molar-refractivity contribution >= 4 is 17.5 Å². The maximum Gasteiger partial charge on any atom is 0.337 e. The van der Waals surface area contributed by atoms with E-state index in [1.165, 1.54) is 6.20 Å². The van der Waals surface area contributed by atoms with E-state index in [1.807, 2.05) is 0 Å². The summed E-state index contributed by atoms with van der Waals surface area (Å²) in [4.78, 5) is 17.4. The van der Waals surface area contributed by atoms with E-state index in [4.69, 9.17) is 10.8 Å². The fourth-order valence-corrected chi connectivity index (χ4v) is 2.36. The van der Waals surface area contributed by atoms with Crippen molar-refractivity contribution in [3.63, 3.8) is 0 Å². The molecule has 1 aromatic heterocycles. The highest BCUT2D eigenvalue weighted by atomic mass is 16.4. The third kappa shape index (κ3) is 2.18. The molecule has 17 heavy (non-hydrogen) atoms. The Hall–Kier alpha value is -1.78. The summed E-state index contributed by atoms with van der Waals surface area (Å²) in [6, 6.07) is 2.04. The van der Waals surface area contributed by atoms with Crippen LogP contribution in [0.2, 0.25) is 0 Å². The van der Waals surface area contributed by atoms with Crippen LogP contribution < -0.4 is 10.6 Å². The molecule has 0 spiro atoms. The Kier molecular flexibility index (Phi) is 3.17. The van der Waals surface area contributed by atoms with E-state index >= 15 is 0 Å². The van der Waals surface area contributed by atoms with Gasteiger partial charge in [0.25, 0.3) is 0 Å². The minimum absolute atomic E-state index is 0.136. The molecule has 3 N–H and O–H groups in total. The van der Waals surface area contributed by atoms with Crippen LogP contribution in [0, 0.1) is 0 Å². The van der Waals surface area contributed by atoms with Gasteiger partial charge in [-0.2, -0.15) is 0 Å². The highest BCUT2D eigenvalue weighted by Crippen LogP contribution is 2.27. The number of pyridine rings is 1. The second-order valence-corrected chi connectivity index (χ2v) is 4.33. The summed E-state index contributed by atoms with van der Waals surface area (Å²) < 4.78 is 0. The van der Waals surface area contributed by atoms with Gasteiger partial charge in [0.15, 0.2) is 0 Å². The van der Waals surface area contributed by atoms with Crippen LogP contribution in [0.1, 0.15) is 36.5 Å². The third-order valence-electron chi connectivity index (χ3n) is 3.29. The molecule has 92 valence electrons. The number of hydrogen-bond donors (Lipinski definition) is 2. The van der Waals surface area contributed by atoms with E-state index in [0.29, 0.717) is 6.04 Å². The molecule has 1 fully saturated rings. The van der Waals surface area contributed by atoms with E-state index in [1.54, 1.807) is 6.07 Å². The molecule has 1 saturated heterocycles. The zero-order chi connectivity index (χ0) is 12.4. The van der Waals surface area contributed by atoms with Crippen molar-refractivity contribution in [1.82, 2.24) is 4.98 Å². The first-order chi connectivity index (χ1) is 8.13. The molecule has 0 saturated carbocycles. The molecule has 1 aromatic rings. The van der Waals surface area contributed by atoms with Gasteiger partial charge in [-0.1, -0.05) is 6.92 Å². The van der Waals surface area contributed by atoms with Gasteiger partial charge >= 0.3 is 5.97 Å². The molecule has 0 aliphatic carbocycles. The lowest BCUT2D eigenvalue weighted by Gasteiger charge is -2.25. The topological polar surface area (TPSA) is 79.5 Å². The smallest absolute Gasteiger partial charge is 0.337 e. The maximum absolute atomic E-state index is 11.0. The number of aromatic nitrogens is 1. The van der Waals surface area contributed by atoms with Crippen LogP contribution in [0.25, 0.3) is 0 Å². The predicted molar refractivity (Wildman–Crippen MR) is 66.3 cm³/mol. The molecule has 1 unspecified atom stereocenters. The summed E-state index contributed by atoms with van der Waals surface area (Å²) in [5.74, 6) is -0.278. The first-order valence-electron chi connectivity index (χ1n) is 5.89. The summed E-state index contributed by atoms with van der Waals surface area (Å²) in [6.07, 6.45) is 4.76. The summed E-state index contributed by atoms with van der Waals surface area (Å²) >= 11 is 0. The van der Waals surface area contributed by atoms with Crippen molar-refractivity contribution in [2.45, 2.75) is 32.2 Å². The van der Waals surface area contributed by atoms with Crippen molar-refractivity contribution < 1.29 is 9.90 Å². The largest absolute Gasteiger partial charge is 0.478 e. The van der Waals surface area contributed by atoms with Crippen molar-refractivity contribution in [2.75, 3.05) is 17.2 Å². The molecule has 1 atom stereocenters. The van der Waals surface area contributed by atoms with Crippen molar-refractivity contribution in [2.24, 2.45) is 0 Å². The molecule has 0 bridgehead atoms. The van der Waals surface area contributed by atoms with Gasteiger partial charge in [-0.05, 0) is 25.3 Å². The lowest BCUT2D eigenvalue weighted by Crippen LogP contribution is -2.29. The molecule has 5 nitrogen and oxygen atoms in total. The molecule has 0 aromatic carbocycles. The standard InChI is InChI=1S/C12H17N3O2/c1-2-8-4-3-5-15(8)11-6-9(12(16)17)10(13)7-14-11/h6-8H,2-5,13H2,1H3,(H,16,17). The monoisotopic (exact) mass is 235 g/mol. The zero-order valence-electron chi connectivity index (χ0n) is 9.89. The van der Waals surface area contributed by atoms with Gasteiger partial charge in [-0.25, -0.2) is 9.78 Å². The SMILES string of the molecule is CCC1CCCN1c1cc(C(=O)O)c(N)cn1. The fourth-order valence-electron chi connectivity index (χ4n) is 2.36. The number of nitrogens with zero attached hydrogens (tertiary/aromatic N) is 2. The van der Waals surface area contributed by atoms with Gasteiger partial charge in [0.1, 0.15) is 5.82 Å². The van der Waals surface area contributed by atoms with Crippen LogP contribution in [0.4, 0.5) is 11.5 Å². The van der Waals surface area contributed by atoms with E-state index in [-0.39, 0.29) is 11.3 Å². The van der Waals surface area contributed by atoms with Crippen LogP contribution in [-0.2, 0) is 0 Å². The van der Waals surface area contributed by atoms with Crippen LogP contribution in [0.5, 0.6) is 0 Å². The van der Waals surface area contributed by atoms with Crippen LogP contribution in [0.15, 0.2) is 12.3 Å². The van der Waals surface area contributed by atoms with Gasteiger partial charge in [0.05, 0.1) is 17.4 Å². The lowest BCUT2D eigenvalue weighted by atomic mass is 10.1. The van der Waals surface area contributed by atoms with Crippen molar-refractivity contribution in [1.29, 1.82) is 0 Å². The number of nitrogen functional groups attached to an aromatic ring is 1. The van der Waals surface area contributed by atoms with Crippen LogP contribution in [-0.4, -0.2) is 28.6 Å². The number of carbonyl (C=O) groups is 1. The van der Waals surface area contributed by atoms with Crippen LogP contribution in [0.3, 0.4) is 0 Å². The molecule has 0 amide bonds. The Balaban J connectivity index is 2.33. The minimum atomic E-state index is -1.00. The van der Waals surface area contributed by atoms with Crippen molar-refractivity contribution in [3.8, 4) is 0 Å². The molecule has 5 heteroatoms. The highest BCUT2D eigenvalue weighted by Gasteiger charge is 2.25. The summed E-state index contributed by atoms with van der Waals surface area (Å²) in [6.45, 7) is 3.08. The number of rotatable bonds is 3. The molecule has 2 heterocycles. The highest BCUT2D eigenvalue weighted by molar-refractivity contribution is 5.94. The van der Waals surface area contributed by atoms with Crippen molar-refractivity contribution in [3.05, 3.63) is 17.8 Å². The summed E-state index contributed by atoms with van der Waals surface area (Å²) in [7, 11) is 0. The zero-order valence-corrected chi connectivity index (χ0v) is 9.89. The van der Waals surface area contributed by atoms with Crippen LogP contribution >= 0.6 is 0 Å².